The van der Waals surface area contributed by atoms with Gasteiger partial charge in [0, 0.05) is 96.6 Å². The fourth-order valence-electron chi connectivity index (χ4n) is 15.8. The zero-order valence-corrected chi connectivity index (χ0v) is 77.1. The number of nitrogens with one attached hydrogen (secondary N) is 10. The molecule has 36 heteroatoms. The van der Waals surface area contributed by atoms with Gasteiger partial charge >= 0.3 is 5.97 Å². The van der Waals surface area contributed by atoms with Crippen molar-refractivity contribution in [2.75, 3.05) is 66.4 Å². The first kappa shape index (κ1) is 103. The van der Waals surface area contributed by atoms with Crippen LogP contribution in [0.2, 0.25) is 0 Å². The summed E-state index contributed by atoms with van der Waals surface area (Å²) in [7, 11) is 6.57. The lowest BCUT2D eigenvalue weighted by atomic mass is 9.96. The first-order valence-electron chi connectivity index (χ1n) is 44.1. The van der Waals surface area contributed by atoms with Gasteiger partial charge in [-0.05, 0) is 99.2 Å². The standard InChI is InChI=1S/C97H120N16O19S/c1-11-12-34-78-95(130)110(7)54-83(118)102-74(50-85(120)121)91(126)108-86(58(4)5)97(132)112(9)79(47-60-26-17-14-18-27-60)92(127)106-75(46-62-37-41-67(115)42-38-62)93(128)109(6)53-82(117)101-73(48-65-51-99-70-33-22-21-32-69(65)70)90(125)105-72(44-61-35-39-66(114)40-36-61)89(124)104-71(43-57(2)3)88(123)107-77(87(122)100-52-81(98)116)55-133-56-84(119)103-76(45-59-24-15-13-16-25-59)94(129)113(10)80(96(131)111(78)8)49-64-30-23-29-63-28-19-20-31-68(63)64/h13-33,35-42,51,57-58,71-80,86,99,114-115H,11-12,34,43-50,52-56H2,1-10H3,(H2,98,116)(H,100,122)(H,101,117)(H,102,118)(H,103,119)(H,104,124)(H,105,125)(H,106,127)(H,107,123)(H,108,126)(H,120,121)/t71-,72-,73-,74-,75-,76-,77-,78-,79-,80-,86-/m0/s1. The molecule has 11 atom stereocenters. The third-order valence-corrected chi connectivity index (χ3v) is 24.1. The van der Waals surface area contributed by atoms with Crippen LogP contribution in [0.3, 0.4) is 0 Å². The number of rotatable bonds is 23. The molecular weight excluding hydrogens is 1730 g/mol. The predicted molar refractivity (Wildman–Crippen MR) is 500 cm³/mol. The number of carboxylic acid groups (broad SMARTS) is 1. The second kappa shape index (κ2) is 49.2. The van der Waals surface area contributed by atoms with Crippen LogP contribution in [0.1, 0.15) is 100 Å². The first-order valence-corrected chi connectivity index (χ1v) is 45.2. The van der Waals surface area contributed by atoms with Crippen molar-refractivity contribution in [3.05, 3.63) is 216 Å². The molecule has 9 rings (SSSR count). The number of phenolic OH excluding ortho intramolecular Hbond substituents is 2. The summed E-state index contributed by atoms with van der Waals surface area (Å²) in [6, 6.07) is 31.3. The minimum Gasteiger partial charge on any atom is -0.508 e. The van der Waals surface area contributed by atoms with Crippen molar-refractivity contribution in [3.63, 3.8) is 0 Å². The quantitative estimate of drug-likeness (QED) is 0.0436. The summed E-state index contributed by atoms with van der Waals surface area (Å²) in [5.74, 6) is -17.5. The van der Waals surface area contributed by atoms with E-state index in [1.807, 2.05) is 31.2 Å². The number of aromatic nitrogens is 1. The third-order valence-electron chi connectivity index (χ3n) is 23.1. The molecule has 15 amide bonds. The molecule has 0 bridgehead atoms. The second-order valence-electron chi connectivity index (χ2n) is 34.2. The molecule has 1 fully saturated rings. The highest BCUT2D eigenvalue weighted by Crippen LogP contribution is 2.27. The number of nitrogens with two attached hydrogens (primary N) is 1. The monoisotopic (exact) mass is 1840 g/mol. The maximum atomic E-state index is 15.9. The molecule has 0 spiro atoms. The number of aromatic amines is 1. The summed E-state index contributed by atoms with van der Waals surface area (Å²) < 4.78 is 0. The fraction of sp³-hybridized carbons (Fsp3) is 0.402. The van der Waals surface area contributed by atoms with Crippen LogP contribution in [-0.4, -0.2) is 272 Å². The van der Waals surface area contributed by atoms with E-state index < -0.39 is 205 Å². The highest BCUT2D eigenvalue weighted by atomic mass is 32.2. The summed E-state index contributed by atoms with van der Waals surface area (Å²) in [5.41, 5.74) is 9.16. The number of aromatic hydroxyl groups is 2. The van der Waals surface area contributed by atoms with E-state index in [4.69, 9.17) is 5.73 Å². The Morgan fingerprint density at radius 2 is 0.932 bits per heavy atom. The molecule has 15 N–H and O–H groups in total. The number of hydrogen-bond acceptors (Lipinski definition) is 19. The zero-order chi connectivity index (χ0) is 96.9. The smallest absolute Gasteiger partial charge is 0.305 e. The lowest BCUT2D eigenvalue weighted by Crippen LogP contribution is -2.61. The maximum Gasteiger partial charge on any atom is 0.305 e. The van der Waals surface area contributed by atoms with Crippen LogP contribution < -0.4 is 53.6 Å². The molecule has 8 aromatic rings. The number of hydrogen-bond donors (Lipinski definition) is 14. The normalized spacial score (nSPS) is 21.6. The van der Waals surface area contributed by atoms with Crippen molar-refractivity contribution in [1.29, 1.82) is 0 Å². The zero-order valence-electron chi connectivity index (χ0n) is 76.2. The van der Waals surface area contributed by atoms with E-state index in [0.717, 1.165) is 37.2 Å². The Labute approximate surface area is 776 Å². The van der Waals surface area contributed by atoms with Crippen molar-refractivity contribution in [2.45, 2.75) is 172 Å². The van der Waals surface area contributed by atoms with Gasteiger partial charge in [0.2, 0.25) is 88.6 Å². The molecule has 7 aromatic carbocycles. The minimum absolute atomic E-state index is 0.0189. The fourth-order valence-corrected chi connectivity index (χ4v) is 16.6. The number of benzene rings is 7. The van der Waals surface area contributed by atoms with Crippen molar-refractivity contribution in [2.24, 2.45) is 17.6 Å². The van der Waals surface area contributed by atoms with Gasteiger partial charge < -0.3 is 98.4 Å². The van der Waals surface area contributed by atoms with E-state index in [1.54, 1.807) is 137 Å². The number of fused-ring (bicyclic) bond motifs is 2. The highest BCUT2D eigenvalue weighted by molar-refractivity contribution is 8.00. The summed E-state index contributed by atoms with van der Waals surface area (Å²) in [4.78, 5) is 245. The summed E-state index contributed by atoms with van der Waals surface area (Å²) in [5, 5.41) is 57.3. The van der Waals surface area contributed by atoms with Crippen molar-refractivity contribution in [1.82, 2.24) is 77.3 Å². The molecule has 1 aliphatic rings. The second-order valence-corrected chi connectivity index (χ2v) is 35.2. The van der Waals surface area contributed by atoms with E-state index in [-0.39, 0.29) is 68.8 Å². The number of amides is 15. The number of thioether (sulfide) groups is 1. The molecule has 1 aliphatic heterocycles. The molecule has 1 saturated heterocycles. The van der Waals surface area contributed by atoms with Gasteiger partial charge in [-0.2, -0.15) is 0 Å². The van der Waals surface area contributed by atoms with E-state index in [1.165, 1.54) is 93.6 Å². The molecule has 0 aliphatic carbocycles. The Kier molecular flexibility index (Phi) is 37.9. The van der Waals surface area contributed by atoms with Gasteiger partial charge in [0.05, 0.1) is 31.8 Å². The van der Waals surface area contributed by atoms with Gasteiger partial charge in [-0.15, -0.1) is 11.8 Å². The van der Waals surface area contributed by atoms with E-state index in [9.17, 15) is 48.9 Å². The molecule has 0 radical (unpaired) electrons. The Balaban J connectivity index is 1.12. The van der Waals surface area contributed by atoms with E-state index in [2.05, 4.69) is 52.8 Å². The predicted octanol–water partition coefficient (Wildman–Crippen LogP) is 3.48. The lowest BCUT2D eigenvalue weighted by Gasteiger charge is -2.37. The van der Waals surface area contributed by atoms with Gasteiger partial charge in [-0.25, -0.2) is 0 Å². The summed E-state index contributed by atoms with van der Waals surface area (Å²) >= 11 is 0.830. The molecule has 133 heavy (non-hydrogen) atoms. The van der Waals surface area contributed by atoms with Crippen molar-refractivity contribution in [3.8, 4) is 11.5 Å². The SMILES string of the molecule is CCCC[C@H]1C(=O)N(C)CC(=O)N[C@@H](CC(=O)O)C(=O)N[C@@H](C(C)C)C(=O)N(C)[C@@H](Cc2ccccc2)C(=O)N[C@@H](Cc2ccc(O)cc2)C(=O)N(C)CC(=O)N[C@@H](Cc2c[nH]c3ccccc23)C(=O)N[C@@H](Cc2ccc(O)cc2)C(=O)N[C@@H](CC(C)C)C(=O)N[C@H](C(=O)NCC(N)=O)CSCC(=O)N[C@@H](Cc2ccccc2)C(=O)N(C)[C@@H](Cc2cccc3ccccc23)C(=O)N1C. The number of H-pyrrole nitrogens is 1. The number of carbonyl (C=O) groups is 16. The van der Waals surface area contributed by atoms with Crippen LogP contribution in [0.5, 0.6) is 11.5 Å². The van der Waals surface area contributed by atoms with Gasteiger partial charge in [-0.1, -0.05) is 193 Å². The number of nitrogens with zero attached hydrogens (tertiary/aromatic N) is 5. The van der Waals surface area contributed by atoms with Crippen LogP contribution in [0, 0.1) is 11.8 Å². The van der Waals surface area contributed by atoms with E-state index in [0.29, 0.717) is 57.1 Å². The van der Waals surface area contributed by atoms with Gasteiger partial charge in [0.1, 0.15) is 78.0 Å². The molecule has 0 saturated carbocycles. The first-order chi connectivity index (χ1) is 63.4. The molecular formula is C97H120N16O19S. The van der Waals surface area contributed by atoms with Crippen LogP contribution in [0.4, 0.5) is 0 Å². The third kappa shape index (κ3) is 29.9. The molecule has 0 unspecified atom stereocenters. The molecule has 2 heterocycles. The number of primary amides is 1. The topological polar surface area (TPSA) is 500 Å². The van der Waals surface area contributed by atoms with Gasteiger partial charge in [0.25, 0.3) is 0 Å². The summed E-state index contributed by atoms with van der Waals surface area (Å²) in [6.45, 7) is 6.17. The van der Waals surface area contributed by atoms with Gasteiger partial charge in [-0.3, -0.25) is 76.7 Å². The van der Waals surface area contributed by atoms with Crippen LogP contribution in [0.15, 0.2) is 182 Å². The van der Waals surface area contributed by atoms with Crippen molar-refractivity contribution < 1.29 is 92.0 Å². The molecule has 35 nitrogen and oxygen atoms in total. The van der Waals surface area contributed by atoms with Gasteiger partial charge in [0.15, 0.2) is 0 Å². The minimum atomic E-state index is -1.91. The van der Waals surface area contributed by atoms with Crippen molar-refractivity contribution >= 4 is 128 Å². The summed E-state index contributed by atoms with van der Waals surface area (Å²) in [6.07, 6.45) is 0.00981. The average molecular weight is 1850 g/mol. The molecule has 708 valence electrons. The Morgan fingerprint density at radius 1 is 0.451 bits per heavy atom. The maximum absolute atomic E-state index is 15.9. The Bertz CT molecular complexity index is 5450. The van der Waals surface area contributed by atoms with Crippen LogP contribution >= 0.6 is 11.8 Å². The van der Waals surface area contributed by atoms with Crippen LogP contribution in [0.25, 0.3) is 21.7 Å². The Hall–Kier alpha value is -14.2. The number of para-hydroxylation sites is 1. The number of likely N-dealkylation sites (N-methyl/N-ethyl adjacent to an activating group) is 5. The molecule has 1 aromatic heterocycles. The number of carbonyl (C=O) groups excluding carboxylic acids is 15. The highest BCUT2D eigenvalue weighted by Gasteiger charge is 2.43. The number of phenols is 2. The number of unbranched alkanes of at least 4 members (excludes halogenated alkanes) is 1. The number of aliphatic carboxylic acids is 1. The van der Waals surface area contributed by atoms with E-state index >= 15 is 43.2 Å². The average Bonchev–Trinajstić information content (AvgIpc) is 1.37. The largest absolute Gasteiger partial charge is 0.508 e. The Morgan fingerprint density at radius 3 is 1.52 bits per heavy atom. The lowest BCUT2D eigenvalue weighted by molar-refractivity contribution is -0.151. The number of carboxylic acids is 1. The van der Waals surface area contributed by atoms with Crippen LogP contribution in [-0.2, 0) is 115 Å².